The summed E-state index contributed by atoms with van der Waals surface area (Å²) in [6.07, 6.45) is 0.428. The average Bonchev–Trinajstić information content (AvgIpc) is 3.22. The van der Waals surface area contributed by atoms with Gasteiger partial charge in [0.1, 0.15) is 95.1 Å². The molecule has 4 heterocycles. The Balaban J connectivity index is 0.000000220. The van der Waals surface area contributed by atoms with Crippen LogP contribution in [0.15, 0.2) is 72.8 Å². The topological polar surface area (TPSA) is 142 Å². The molecule has 10 nitrogen and oxygen atoms in total. The Morgan fingerprint density at radius 3 is 0.850 bits per heavy atom. The van der Waals surface area contributed by atoms with Crippen LogP contribution < -0.4 is 29.6 Å². The van der Waals surface area contributed by atoms with Gasteiger partial charge in [0.05, 0.1) is 0 Å². The highest BCUT2D eigenvalue weighted by atomic mass is 35.5. The molecule has 0 aromatic heterocycles. The number of nitrogens with one attached hydrogen (secondary N) is 2. The van der Waals surface area contributed by atoms with Crippen molar-refractivity contribution in [3.05, 3.63) is 118 Å². The largest absolute Gasteiger partial charge is 0.487 e. The molecule has 16 heteroatoms. The van der Waals surface area contributed by atoms with Gasteiger partial charge in [0.2, 0.25) is 0 Å². The third-order valence-corrected chi connectivity index (χ3v) is 11.1. The molecule has 8 atom stereocenters. The first kappa shape index (κ1) is 47.2. The highest BCUT2D eigenvalue weighted by molar-refractivity contribution is 5.85. The molecule has 4 aliphatic heterocycles. The number of ether oxygens (including phenoxy) is 4. The van der Waals surface area contributed by atoms with Crippen molar-refractivity contribution in [2.75, 3.05) is 26.2 Å². The molecule has 6 N–H and O–H groups in total. The molecule has 0 aliphatic carbocycles. The number of aryl methyl sites for hydroxylation is 4. The molecule has 4 aliphatic rings. The Bertz CT molecular complexity index is 1740. The van der Waals surface area contributed by atoms with Crippen molar-refractivity contribution in [2.45, 2.75) is 100 Å². The number of rotatable bonds is 12. The normalized spacial score (nSPS) is 21.9. The van der Waals surface area contributed by atoms with Crippen molar-refractivity contribution in [2.24, 2.45) is 0 Å². The van der Waals surface area contributed by atoms with Crippen LogP contribution in [-0.2, 0) is 25.7 Å². The maximum absolute atomic E-state index is 13.3. The molecule has 328 valence electrons. The van der Waals surface area contributed by atoms with E-state index in [1.807, 2.05) is 0 Å². The molecule has 0 saturated heterocycles. The Kier molecular flexibility index (Phi) is 17.1. The summed E-state index contributed by atoms with van der Waals surface area (Å²) < 4.78 is 76.3. The van der Waals surface area contributed by atoms with Gasteiger partial charge in [-0.25, -0.2) is 17.6 Å². The fourth-order valence-electron chi connectivity index (χ4n) is 7.88. The van der Waals surface area contributed by atoms with Crippen molar-refractivity contribution >= 4 is 24.8 Å². The molecule has 4 aromatic carbocycles. The third kappa shape index (κ3) is 12.2. The van der Waals surface area contributed by atoms with E-state index in [4.69, 9.17) is 18.9 Å². The lowest BCUT2D eigenvalue weighted by atomic mass is 9.98. The highest BCUT2D eigenvalue weighted by Crippen LogP contribution is 2.32. The maximum Gasteiger partial charge on any atom is 0.126 e. The van der Waals surface area contributed by atoms with Crippen LogP contribution >= 0.6 is 24.8 Å². The molecule has 0 spiro atoms. The zero-order valence-electron chi connectivity index (χ0n) is 32.8. The number of fused-ring (bicyclic) bond motifs is 4. The molecule has 0 unspecified atom stereocenters. The minimum Gasteiger partial charge on any atom is -0.487 e. The van der Waals surface area contributed by atoms with Gasteiger partial charge >= 0.3 is 0 Å². The predicted octanol–water partition coefficient (Wildman–Crippen LogP) is 5.57. The van der Waals surface area contributed by atoms with Gasteiger partial charge in [-0.1, -0.05) is 0 Å². The monoisotopic (exact) mass is 882 g/mol. The lowest BCUT2D eigenvalue weighted by Gasteiger charge is -2.31. The van der Waals surface area contributed by atoms with Crippen LogP contribution in [0.2, 0.25) is 0 Å². The first-order chi connectivity index (χ1) is 28.0. The third-order valence-electron chi connectivity index (χ3n) is 11.1. The van der Waals surface area contributed by atoms with E-state index in [0.717, 1.165) is 22.3 Å². The highest BCUT2D eigenvalue weighted by Gasteiger charge is 2.31. The van der Waals surface area contributed by atoms with Crippen molar-refractivity contribution < 1.29 is 56.9 Å². The van der Waals surface area contributed by atoms with E-state index in [9.17, 15) is 38.0 Å². The summed E-state index contributed by atoms with van der Waals surface area (Å²) in [6.45, 7) is 1.03. The van der Waals surface area contributed by atoms with Gasteiger partial charge < -0.3 is 50.0 Å². The van der Waals surface area contributed by atoms with E-state index >= 15 is 0 Å². The maximum atomic E-state index is 13.3. The SMILES string of the molecule is Cl.Cl.O[C@@H](CNC[C@H](O)[C@H]1CCc2cc(F)ccc2O1)[C@@H]1CCc2cc(F)ccc2O1.O[C@H](CNC[C@@H](O)[C@H]1CCc2cc(F)ccc2O1)[C@@H]1CCc2cc(F)ccc2O1. The molecule has 0 radical (unpaired) electrons. The number of benzene rings is 4. The fraction of sp³-hybridized carbons (Fsp3) is 0.455. The van der Waals surface area contributed by atoms with Gasteiger partial charge in [0.25, 0.3) is 0 Å². The van der Waals surface area contributed by atoms with Gasteiger partial charge in [-0.3, -0.25) is 0 Å². The van der Waals surface area contributed by atoms with Crippen LogP contribution in [0.4, 0.5) is 17.6 Å². The summed E-state index contributed by atoms with van der Waals surface area (Å²) in [6, 6.07) is 17.6. The molecular formula is C44H52Cl2F4N2O8. The van der Waals surface area contributed by atoms with Gasteiger partial charge in [-0.2, -0.15) is 0 Å². The number of hydrogen-bond donors (Lipinski definition) is 6. The number of aliphatic hydroxyl groups excluding tert-OH is 4. The lowest BCUT2D eigenvalue weighted by molar-refractivity contribution is 0.00889. The lowest BCUT2D eigenvalue weighted by Crippen LogP contribution is -2.46. The molecule has 0 amide bonds. The van der Waals surface area contributed by atoms with E-state index in [1.54, 1.807) is 24.3 Å². The number of halogens is 6. The van der Waals surface area contributed by atoms with Crippen LogP contribution in [0, 0.1) is 23.3 Å². The van der Waals surface area contributed by atoms with Crippen LogP contribution in [0.3, 0.4) is 0 Å². The number of aliphatic hydroxyl groups is 4. The Morgan fingerprint density at radius 2 is 0.633 bits per heavy atom. The zero-order valence-corrected chi connectivity index (χ0v) is 34.4. The Labute approximate surface area is 359 Å². The van der Waals surface area contributed by atoms with E-state index < -0.39 is 24.4 Å². The van der Waals surface area contributed by atoms with Crippen LogP contribution in [0.25, 0.3) is 0 Å². The van der Waals surface area contributed by atoms with Gasteiger partial charge in [0, 0.05) is 26.2 Å². The summed E-state index contributed by atoms with van der Waals surface area (Å²) in [4.78, 5) is 0. The van der Waals surface area contributed by atoms with E-state index in [2.05, 4.69) is 10.6 Å². The predicted molar refractivity (Wildman–Crippen MR) is 221 cm³/mol. The van der Waals surface area contributed by atoms with Gasteiger partial charge in [-0.05, 0) is 146 Å². The second-order valence-electron chi connectivity index (χ2n) is 15.4. The molecule has 8 rings (SSSR count). The van der Waals surface area contributed by atoms with Crippen molar-refractivity contribution in [1.82, 2.24) is 10.6 Å². The van der Waals surface area contributed by atoms with Crippen LogP contribution in [0.5, 0.6) is 23.0 Å². The van der Waals surface area contributed by atoms with E-state index in [0.29, 0.717) is 74.4 Å². The summed E-state index contributed by atoms with van der Waals surface area (Å²) in [5, 5.41) is 47.8. The smallest absolute Gasteiger partial charge is 0.126 e. The van der Waals surface area contributed by atoms with Crippen molar-refractivity contribution in [3.63, 3.8) is 0 Å². The van der Waals surface area contributed by atoms with Gasteiger partial charge in [-0.15, -0.1) is 24.8 Å². The molecular weight excluding hydrogens is 831 g/mol. The molecule has 0 bridgehead atoms. The first-order valence-corrected chi connectivity index (χ1v) is 19.9. The fourth-order valence-corrected chi connectivity index (χ4v) is 7.88. The quantitative estimate of drug-likeness (QED) is 0.100. The van der Waals surface area contributed by atoms with Crippen molar-refractivity contribution in [1.29, 1.82) is 0 Å². The zero-order chi connectivity index (χ0) is 40.8. The molecule has 60 heavy (non-hydrogen) atoms. The van der Waals surface area contributed by atoms with E-state index in [-0.39, 0.29) is 98.7 Å². The number of hydrogen-bond acceptors (Lipinski definition) is 10. The summed E-state index contributed by atoms with van der Waals surface area (Å²) in [5.41, 5.74) is 3.25. The summed E-state index contributed by atoms with van der Waals surface area (Å²) in [5.74, 6) is 1.25. The summed E-state index contributed by atoms with van der Waals surface area (Å²) >= 11 is 0. The van der Waals surface area contributed by atoms with Crippen LogP contribution in [0.1, 0.15) is 47.9 Å². The standard InChI is InChI=1S/2C22H25F2NO4.2ClH/c2*23-15-3-7-19-13(9-15)1-5-21(28-19)17(26)11-25-12-18(27)22-6-2-14-10-16(24)4-8-20(14)29-22;;/h2*3-4,7-10,17-18,21-22,25-27H,1-2,5-6,11-12H2;2*1H/t2*17-,18-,21-,22+;;/m10../s1. The van der Waals surface area contributed by atoms with Gasteiger partial charge in [0.15, 0.2) is 0 Å². The van der Waals surface area contributed by atoms with Crippen LogP contribution in [-0.4, -0.2) is 95.4 Å². The van der Waals surface area contributed by atoms with E-state index in [1.165, 1.54) is 48.5 Å². The molecule has 0 fully saturated rings. The Hall–Kier alpha value is -3.86. The minimum atomic E-state index is -0.753. The van der Waals surface area contributed by atoms with Crippen molar-refractivity contribution in [3.8, 4) is 23.0 Å². The first-order valence-electron chi connectivity index (χ1n) is 19.9. The second-order valence-corrected chi connectivity index (χ2v) is 15.4. The minimum absolute atomic E-state index is 0. The molecule has 0 saturated carbocycles. The summed E-state index contributed by atoms with van der Waals surface area (Å²) in [7, 11) is 0. The molecule has 4 aromatic rings. The second kappa shape index (κ2) is 21.8. The average molecular weight is 884 g/mol. The Morgan fingerprint density at radius 1 is 0.417 bits per heavy atom.